The molecule has 1 fully saturated rings. The van der Waals surface area contributed by atoms with E-state index in [0.717, 1.165) is 19.6 Å². The van der Waals surface area contributed by atoms with Crippen LogP contribution in [0.4, 0.5) is 0 Å². The minimum atomic E-state index is 0.346. The SMILES string of the molecule is CC1CNCCN1NC(N)=S. The molecule has 1 rings (SSSR count). The molecule has 1 aliphatic rings. The summed E-state index contributed by atoms with van der Waals surface area (Å²) < 4.78 is 0. The Bertz CT molecular complexity index is 150. The highest BCUT2D eigenvalue weighted by atomic mass is 32.1. The summed E-state index contributed by atoms with van der Waals surface area (Å²) in [5, 5.41) is 5.67. The molecule has 1 aliphatic heterocycles. The number of hydrogen-bond donors (Lipinski definition) is 3. The molecule has 11 heavy (non-hydrogen) atoms. The second-order valence-electron chi connectivity index (χ2n) is 2.72. The Morgan fingerprint density at radius 1 is 1.82 bits per heavy atom. The largest absolute Gasteiger partial charge is 0.375 e. The van der Waals surface area contributed by atoms with Gasteiger partial charge in [-0.25, -0.2) is 5.01 Å². The van der Waals surface area contributed by atoms with E-state index in [0.29, 0.717) is 11.2 Å². The van der Waals surface area contributed by atoms with Crippen LogP contribution in [0.15, 0.2) is 0 Å². The van der Waals surface area contributed by atoms with Crippen molar-refractivity contribution in [3.63, 3.8) is 0 Å². The van der Waals surface area contributed by atoms with Crippen molar-refractivity contribution in [3.05, 3.63) is 0 Å². The summed E-state index contributed by atoms with van der Waals surface area (Å²) in [5.41, 5.74) is 8.28. The number of piperazine rings is 1. The van der Waals surface area contributed by atoms with E-state index in [1.54, 1.807) is 0 Å². The molecule has 0 bridgehead atoms. The molecule has 4 nitrogen and oxygen atoms in total. The monoisotopic (exact) mass is 174 g/mol. The van der Waals surface area contributed by atoms with Crippen LogP contribution in [0.2, 0.25) is 0 Å². The Labute approximate surface area is 72.1 Å². The standard InChI is InChI=1S/C6H14N4S/c1-5-4-8-2-3-10(5)9-6(7)11/h5,8H,2-4H2,1H3,(H3,7,9,11). The Morgan fingerprint density at radius 3 is 3.09 bits per heavy atom. The van der Waals surface area contributed by atoms with E-state index < -0.39 is 0 Å². The molecule has 0 spiro atoms. The van der Waals surface area contributed by atoms with Gasteiger partial charge in [0.2, 0.25) is 0 Å². The predicted octanol–water partition coefficient (Wildman–Crippen LogP) is -0.972. The highest BCUT2D eigenvalue weighted by molar-refractivity contribution is 7.80. The third kappa shape index (κ3) is 2.61. The van der Waals surface area contributed by atoms with Gasteiger partial charge in [-0.1, -0.05) is 0 Å². The van der Waals surface area contributed by atoms with Crippen LogP contribution in [0.1, 0.15) is 6.92 Å². The van der Waals surface area contributed by atoms with Gasteiger partial charge in [0.1, 0.15) is 0 Å². The summed E-state index contributed by atoms with van der Waals surface area (Å²) in [6.45, 7) is 5.03. The Kier molecular flexibility index (Phi) is 3.04. The number of nitrogens with zero attached hydrogens (tertiary/aromatic N) is 1. The van der Waals surface area contributed by atoms with E-state index in [1.807, 2.05) is 0 Å². The molecule has 1 saturated heterocycles. The maximum absolute atomic E-state index is 5.34. The molecular weight excluding hydrogens is 160 g/mol. The van der Waals surface area contributed by atoms with E-state index in [9.17, 15) is 0 Å². The summed E-state index contributed by atoms with van der Waals surface area (Å²) in [7, 11) is 0. The molecule has 1 atom stereocenters. The average Bonchev–Trinajstić information content (AvgIpc) is 1.93. The van der Waals surface area contributed by atoms with Crippen LogP contribution in [0.3, 0.4) is 0 Å². The van der Waals surface area contributed by atoms with Crippen LogP contribution < -0.4 is 16.5 Å². The third-order valence-corrected chi connectivity index (χ3v) is 1.85. The molecule has 1 unspecified atom stereocenters. The molecule has 0 saturated carbocycles. The molecule has 0 aromatic rings. The highest BCUT2D eigenvalue weighted by Crippen LogP contribution is 1.96. The van der Waals surface area contributed by atoms with Gasteiger partial charge in [-0.15, -0.1) is 0 Å². The topological polar surface area (TPSA) is 53.3 Å². The number of hydrogen-bond acceptors (Lipinski definition) is 3. The lowest BCUT2D eigenvalue weighted by molar-refractivity contribution is 0.142. The summed E-state index contributed by atoms with van der Waals surface area (Å²) >= 11 is 4.73. The highest BCUT2D eigenvalue weighted by Gasteiger charge is 2.17. The van der Waals surface area contributed by atoms with Gasteiger partial charge in [-0.2, -0.15) is 0 Å². The normalized spacial score (nSPS) is 26.5. The van der Waals surface area contributed by atoms with E-state index in [-0.39, 0.29) is 0 Å². The maximum atomic E-state index is 5.34. The van der Waals surface area contributed by atoms with Crippen molar-refractivity contribution >= 4 is 17.3 Å². The Balaban J connectivity index is 2.35. The lowest BCUT2D eigenvalue weighted by Crippen LogP contribution is -2.58. The van der Waals surface area contributed by atoms with Gasteiger partial charge in [0.05, 0.1) is 0 Å². The van der Waals surface area contributed by atoms with Crippen molar-refractivity contribution in [1.29, 1.82) is 0 Å². The van der Waals surface area contributed by atoms with Gasteiger partial charge in [-0.3, -0.25) is 5.43 Å². The second kappa shape index (κ2) is 3.85. The first-order valence-electron chi connectivity index (χ1n) is 3.73. The predicted molar refractivity (Wildman–Crippen MR) is 49.0 cm³/mol. The zero-order chi connectivity index (χ0) is 8.27. The van der Waals surface area contributed by atoms with Gasteiger partial charge in [0.25, 0.3) is 0 Å². The van der Waals surface area contributed by atoms with Gasteiger partial charge in [0.15, 0.2) is 5.11 Å². The smallest absolute Gasteiger partial charge is 0.178 e. The Hall–Kier alpha value is -0.390. The summed E-state index contributed by atoms with van der Waals surface area (Å²) in [4.78, 5) is 0. The number of nitrogens with one attached hydrogen (secondary N) is 2. The van der Waals surface area contributed by atoms with Crippen molar-refractivity contribution in [1.82, 2.24) is 15.8 Å². The number of thiocarbonyl (C=S) groups is 1. The van der Waals surface area contributed by atoms with E-state index >= 15 is 0 Å². The molecule has 5 heteroatoms. The number of hydrazine groups is 1. The molecule has 0 amide bonds. The lowest BCUT2D eigenvalue weighted by atomic mass is 10.2. The van der Waals surface area contributed by atoms with Crippen molar-refractivity contribution < 1.29 is 0 Å². The van der Waals surface area contributed by atoms with Crippen molar-refractivity contribution in [3.8, 4) is 0 Å². The van der Waals surface area contributed by atoms with Crippen LogP contribution in [0, 0.1) is 0 Å². The van der Waals surface area contributed by atoms with Crippen molar-refractivity contribution in [2.75, 3.05) is 19.6 Å². The van der Waals surface area contributed by atoms with E-state index in [2.05, 4.69) is 22.7 Å². The fraction of sp³-hybridized carbons (Fsp3) is 0.833. The fourth-order valence-corrected chi connectivity index (χ4v) is 1.27. The molecular formula is C6H14N4S. The minimum absolute atomic E-state index is 0.346. The summed E-state index contributed by atoms with van der Waals surface area (Å²) in [5.74, 6) is 0. The second-order valence-corrected chi connectivity index (χ2v) is 3.16. The molecule has 1 heterocycles. The van der Waals surface area contributed by atoms with Crippen LogP contribution in [-0.2, 0) is 0 Å². The molecule has 64 valence electrons. The van der Waals surface area contributed by atoms with Gasteiger partial charge >= 0.3 is 0 Å². The van der Waals surface area contributed by atoms with Crippen molar-refractivity contribution in [2.45, 2.75) is 13.0 Å². The maximum Gasteiger partial charge on any atom is 0.178 e. The zero-order valence-electron chi connectivity index (χ0n) is 6.63. The minimum Gasteiger partial charge on any atom is -0.375 e. The first kappa shape index (κ1) is 8.70. The fourth-order valence-electron chi connectivity index (χ4n) is 1.15. The average molecular weight is 174 g/mol. The molecule has 0 radical (unpaired) electrons. The van der Waals surface area contributed by atoms with Crippen LogP contribution in [0.5, 0.6) is 0 Å². The molecule has 4 N–H and O–H groups in total. The molecule has 0 aliphatic carbocycles. The third-order valence-electron chi connectivity index (χ3n) is 1.76. The van der Waals surface area contributed by atoms with Crippen LogP contribution in [-0.4, -0.2) is 35.8 Å². The van der Waals surface area contributed by atoms with Gasteiger partial charge in [-0.05, 0) is 19.1 Å². The van der Waals surface area contributed by atoms with Gasteiger partial charge in [0, 0.05) is 25.7 Å². The van der Waals surface area contributed by atoms with Crippen LogP contribution in [0.25, 0.3) is 0 Å². The molecule has 0 aromatic carbocycles. The summed E-state index contributed by atoms with van der Waals surface area (Å²) in [6, 6.07) is 0.449. The molecule has 0 aromatic heterocycles. The van der Waals surface area contributed by atoms with E-state index in [1.165, 1.54) is 0 Å². The Morgan fingerprint density at radius 2 is 2.55 bits per heavy atom. The number of nitrogens with two attached hydrogens (primary N) is 1. The quantitative estimate of drug-likeness (QED) is 0.447. The van der Waals surface area contributed by atoms with Crippen molar-refractivity contribution in [2.24, 2.45) is 5.73 Å². The first-order chi connectivity index (χ1) is 5.20. The lowest BCUT2D eigenvalue weighted by Gasteiger charge is -2.33. The first-order valence-corrected chi connectivity index (χ1v) is 4.14. The van der Waals surface area contributed by atoms with E-state index in [4.69, 9.17) is 18.0 Å². The van der Waals surface area contributed by atoms with Gasteiger partial charge < -0.3 is 11.1 Å². The number of rotatable bonds is 1. The summed E-state index contributed by atoms with van der Waals surface area (Å²) in [6.07, 6.45) is 0. The van der Waals surface area contributed by atoms with Crippen LogP contribution >= 0.6 is 12.2 Å². The zero-order valence-corrected chi connectivity index (χ0v) is 7.45.